The fraction of sp³-hybridized carbons (Fsp3) is 0.188. The number of nitrogens with zero attached hydrogens (tertiary/aromatic N) is 6. The summed E-state index contributed by atoms with van der Waals surface area (Å²) in [6, 6.07) is 10.8. The molecule has 0 amide bonds. The minimum absolute atomic E-state index is 0.441. The van der Waals surface area contributed by atoms with Crippen LogP contribution in [0.15, 0.2) is 52.2 Å². The van der Waals surface area contributed by atoms with Gasteiger partial charge in [0.1, 0.15) is 16.2 Å². The number of hydrogen-bond donors (Lipinski definition) is 0. The van der Waals surface area contributed by atoms with Crippen molar-refractivity contribution < 1.29 is 0 Å². The number of thiophene rings is 1. The van der Waals surface area contributed by atoms with E-state index in [1.807, 2.05) is 22.9 Å². The normalized spacial score (nSPS) is 14.3. The van der Waals surface area contributed by atoms with Crippen LogP contribution in [0.25, 0.3) is 21.3 Å². The molecule has 5 rings (SSSR count). The Morgan fingerprint density at radius 2 is 2.00 bits per heavy atom. The molecular formula is C16H12N6S2. The molecule has 1 saturated carbocycles. The van der Waals surface area contributed by atoms with Crippen molar-refractivity contribution in [3.05, 3.63) is 42.0 Å². The summed E-state index contributed by atoms with van der Waals surface area (Å²) < 4.78 is 1.91. The number of fused-ring (bicyclic) bond motifs is 1. The number of tetrazole rings is 1. The molecule has 3 heterocycles. The first-order valence-corrected chi connectivity index (χ1v) is 9.33. The second-order valence-corrected chi connectivity index (χ2v) is 7.43. The van der Waals surface area contributed by atoms with Gasteiger partial charge in [-0.25, -0.2) is 14.6 Å². The number of benzene rings is 1. The molecule has 0 radical (unpaired) electrons. The Balaban J connectivity index is 1.63. The summed E-state index contributed by atoms with van der Waals surface area (Å²) in [6.07, 6.45) is 3.90. The first-order valence-electron chi connectivity index (χ1n) is 7.63. The van der Waals surface area contributed by atoms with Crippen molar-refractivity contribution in [2.75, 3.05) is 0 Å². The number of rotatable bonds is 4. The summed E-state index contributed by atoms with van der Waals surface area (Å²) in [4.78, 5) is 9.92. The van der Waals surface area contributed by atoms with Crippen LogP contribution in [0.2, 0.25) is 0 Å². The van der Waals surface area contributed by atoms with E-state index in [0.717, 1.165) is 38.8 Å². The zero-order valence-electron chi connectivity index (χ0n) is 12.5. The second kappa shape index (κ2) is 5.64. The Bertz CT molecular complexity index is 1010. The number of aromatic nitrogens is 6. The Morgan fingerprint density at radius 3 is 2.83 bits per heavy atom. The van der Waals surface area contributed by atoms with Gasteiger partial charge in [-0.05, 0) is 40.6 Å². The van der Waals surface area contributed by atoms with Gasteiger partial charge >= 0.3 is 0 Å². The molecule has 0 bridgehead atoms. The van der Waals surface area contributed by atoms with E-state index in [1.165, 1.54) is 17.3 Å². The third-order valence-electron chi connectivity index (χ3n) is 3.96. The average molecular weight is 352 g/mol. The van der Waals surface area contributed by atoms with Gasteiger partial charge in [-0.2, -0.15) is 0 Å². The van der Waals surface area contributed by atoms with Crippen molar-refractivity contribution >= 4 is 33.3 Å². The summed E-state index contributed by atoms with van der Waals surface area (Å²) in [5.74, 6) is 0. The van der Waals surface area contributed by atoms with E-state index in [9.17, 15) is 0 Å². The largest absolute Gasteiger partial charge is 0.229 e. The zero-order chi connectivity index (χ0) is 15.9. The fourth-order valence-corrected chi connectivity index (χ4v) is 4.56. The standard InChI is InChI=1S/C16H12N6S2/c1-2-4-10(5-3-1)12-8-23-14-13(12)15(18-9-17-14)24-16-19-20-21-22(16)11-6-7-11/h1-5,8-9,11H,6-7H2. The molecule has 24 heavy (non-hydrogen) atoms. The molecule has 0 saturated heterocycles. The molecule has 1 aliphatic carbocycles. The number of hydrogen-bond acceptors (Lipinski definition) is 7. The minimum atomic E-state index is 0.441. The van der Waals surface area contributed by atoms with Crippen LogP contribution in [0.5, 0.6) is 0 Å². The summed E-state index contributed by atoms with van der Waals surface area (Å²) in [5.41, 5.74) is 2.33. The Labute approximate surface area is 146 Å². The van der Waals surface area contributed by atoms with Crippen LogP contribution < -0.4 is 0 Å². The SMILES string of the molecule is c1ccc(-c2csc3ncnc(Sc4nnnn4C4CC4)c23)cc1. The molecule has 1 aliphatic rings. The van der Waals surface area contributed by atoms with Crippen LogP contribution in [-0.2, 0) is 0 Å². The molecule has 0 N–H and O–H groups in total. The zero-order valence-corrected chi connectivity index (χ0v) is 14.2. The van der Waals surface area contributed by atoms with Gasteiger partial charge in [0, 0.05) is 10.9 Å². The molecule has 4 aromatic rings. The molecule has 8 heteroatoms. The maximum atomic E-state index is 4.51. The van der Waals surface area contributed by atoms with Gasteiger partial charge in [-0.1, -0.05) is 30.3 Å². The third-order valence-corrected chi connectivity index (χ3v) is 5.80. The van der Waals surface area contributed by atoms with Crippen LogP contribution in [0.3, 0.4) is 0 Å². The molecule has 1 fully saturated rings. The van der Waals surface area contributed by atoms with Gasteiger partial charge in [-0.15, -0.1) is 16.4 Å². The monoisotopic (exact) mass is 352 g/mol. The highest BCUT2D eigenvalue weighted by atomic mass is 32.2. The molecule has 0 aliphatic heterocycles. The van der Waals surface area contributed by atoms with Crippen LogP contribution in [0, 0.1) is 0 Å². The average Bonchev–Trinajstić information content (AvgIpc) is 3.20. The molecule has 118 valence electrons. The predicted molar refractivity (Wildman–Crippen MR) is 93.1 cm³/mol. The van der Waals surface area contributed by atoms with E-state index in [-0.39, 0.29) is 0 Å². The van der Waals surface area contributed by atoms with Crippen molar-refractivity contribution in [3.63, 3.8) is 0 Å². The van der Waals surface area contributed by atoms with Gasteiger partial charge in [0.25, 0.3) is 0 Å². The highest BCUT2D eigenvalue weighted by Gasteiger charge is 2.28. The van der Waals surface area contributed by atoms with E-state index < -0.39 is 0 Å². The Morgan fingerprint density at radius 1 is 1.12 bits per heavy atom. The van der Waals surface area contributed by atoms with Gasteiger partial charge in [-0.3, -0.25) is 0 Å². The van der Waals surface area contributed by atoms with E-state index in [0.29, 0.717) is 6.04 Å². The Kier molecular flexibility index (Phi) is 3.30. The van der Waals surface area contributed by atoms with Crippen molar-refractivity contribution in [1.29, 1.82) is 0 Å². The highest BCUT2D eigenvalue weighted by molar-refractivity contribution is 7.99. The molecular weight excluding hydrogens is 340 g/mol. The lowest BCUT2D eigenvalue weighted by Gasteiger charge is -2.05. The second-order valence-electron chi connectivity index (χ2n) is 5.61. The van der Waals surface area contributed by atoms with E-state index in [1.54, 1.807) is 17.7 Å². The molecule has 6 nitrogen and oxygen atoms in total. The highest BCUT2D eigenvalue weighted by Crippen LogP contribution is 2.41. The molecule has 0 atom stereocenters. The lowest BCUT2D eigenvalue weighted by Crippen LogP contribution is -1.99. The van der Waals surface area contributed by atoms with Crippen molar-refractivity contribution in [1.82, 2.24) is 30.2 Å². The quantitative estimate of drug-likeness (QED) is 0.520. The summed E-state index contributed by atoms with van der Waals surface area (Å²) in [7, 11) is 0. The van der Waals surface area contributed by atoms with E-state index >= 15 is 0 Å². The molecule has 0 unspecified atom stereocenters. The van der Waals surface area contributed by atoms with Gasteiger partial charge in [0.2, 0.25) is 5.16 Å². The minimum Gasteiger partial charge on any atom is -0.229 e. The molecule has 3 aromatic heterocycles. The lowest BCUT2D eigenvalue weighted by molar-refractivity contribution is 0.565. The van der Waals surface area contributed by atoms with Crippen LogP contribution >= 0.6 is 23.1 Å². The smallest absolute Gasteiger partial charge is 0.215 e. The Hall–Kier alpha value is -2.32. The van der Waals surface area contributed by atoms with Gasteiger partial charge < -0.3 is 0 Å². The van der Waals surface area contributed by atoms with Crippen LogP contribution in [0.4, 0.5) is 0 Å². The first-order chi connectivity index (χ1) is 11.9. The first kappa shape index (κ1) is 14.1. The summed E-state index contributed by atoms with van der Waals surface area (Å²) >= 11 is 3.15. The molecule has 1 aromatic carbocycles. The van der Waals surface area contributed by atoms with Crippen molar-refractivity contribution in [3.8, 4) is 11.1 Å². The van der Waals surface area contributed by atoms with Crippen LogP contribution in [-0.4, -0.2) is 30.2 Å². The van der Waals surface area contributed by atoms with Gasteiger partial charge in [0.05, 0.1) is 11.4 Å². The van der Waals surface area contributed by atoms with Crippen molar-refractivity contribution in [2.45, 2.75) is 29.1 Å². The summed E-state index contributed by atoms with van der Waals surface area (Å²) in [5, 5.41) is 17.0. The van der Waals surface area contributed by atoms with E-state index in [4.69, 9.17) is 0 Å². The van der Waals surface area contributed by atoms with Crippen molar-refractivity contribution in [2.24, 2.45) is 0 Å². The fourth-order valence-electron chi connectivity index (χ4n) is 2.64. The summed E-state index contributed by atoms with van der Waals surface area (Å²) in [6.45, 7) is 0. The van der Waals surface area contributed by atoms with Crippen LogP contribution in [0.1, 0.15) is 18.9 Å². The predicted octanol–water partition coefficient (Wildman–Crippen LogP) is 3.83. The topological polar surface area (TPSA) is 69.4 Å². The maximum absolute atomic E-state index is 4.51. The molecule has 0 spiro atoms. The maximum Gasteiger partial charge on any atom is 0.215 e. The third kappa shape index (κ3) is 2.38. The van der Waals surface area contributed by atoms with E-state index in [2.05, 4.69) is 43.0 Å². The van der Waals surface area contributed by atoms with Gasteiger partial charge in [0.15, 0.2) is 0 Å². The lowest BCUT2D eigenvalue weighted by atomic mass is 10.1.